The second kappa shape index (κ2) is 3.46. The van der Waals surface area contributed by atoms with E-state index in [0.29, 0.717) is 0 Å². The molecule has 0 radical (unpaired) electrons. The largest absolute Gasteiger partial charge is 0.421 e. The molecule has 1 unspecified atom stereocenters. The summed E-state index contributed by atoms with van der Waals surface area (Å²) in [6, 6.07) is 4.69. The van der Waals surface area contributed by atoms with Crippen LogP contribution in [0.25, 0.3) is 0 Å². The summed E-state index contributed by atoms with van der Waals surface area (Å²) in [6.07, 6.45) is -5.76. The molecule has 94 valence electrons. The molecule has 2 rings (SSSR count). The Morgan fingerprint density at radius 3 is 2.41 bits per heavy atom. The monoisotopic (exact) mass is 266 g/mol. The lowest BCUT2D eigenvalue weighted by Crippen LogP contribution is -2.47. The molecule has 0 aromatic heterocycles. The van der Waals surface area contributed by atoms with Crippen LogP contribution in [0.4, 0.5) is 13.2 Å². The molecule has 0 saturated carbocycles. The number of fused-ring (bicyclic) bond motifs is 1. The highest BCUT2D eigenvalue weighted by Gasteiger charge is 2.58. The summed E-state index contributed by atoms with van der Waals surface area (Å²) in [6.45, 7) is 0. The average Bonchev–Trinajstić information content (AvgIpc) is 2.23. The van der Waals surface area contributed by atoms with E-state index >= 15 is 0 Å². The number of hydrogen-bond acceptors (Lipinski definition) is 3. The van der Waals surface area contributed by atoms with Gasteiger partial charge >= 0.3 is 6.18 Å². The molecule has 1 aromatic rings. The highest BCUT2D eigenvalue weighted by Crippen LogP contribution is 2.47. The fourth-order valence-electron chi connectivity index (χ4n) is 1.90. The lowest BCUT2D eigenvalue weighted by atomic mass is 9.90. The number of benzene rings is 1. The molecule has 1 aliphatic rings. The van der Waals surface area contributed by atoms with Gasteiger partial charge in [0, 0.05) is 12.0 Å². The van der Waals surface area contributed by atoms with Crippen LogP contribution in [0.15, 0.2) is 29.2 Å². The van der Waals surface area contributed by atoms with Gasteiger partial charge in [0.1, 0.15) is 0 Å². The number of alkyl halides is 3. The minimum absolute atomic E-state index is 0.439. The van der Waals surface area contributed by atoms with Crippen LogP contribution in [0, 0.1) is 0 Å². The molecule has 0 bridgehead atoms. The average molecular weight is 266 g/mol. The first-order valence-electron chi connectivity index (χ1n) is 4.80. The standard InChI is InChI=1S/C10H9F3O3S/c11-10(12,13)9(14)5-6-17(15,16)8-4-2-1-3-7(8)9/h1-4,14H,5-6H2. The summed E-state index contributed by atoms with van der Waals surface area (Å²) >= 11 is 0. The van der Waals surface area contributed by atoms with Gasteiger partial charge < -0.3 is 5.11 Å². The maximum Gasteiger partial charge on any atom is 0.421 e. The summed E-state index contributed by atoms with van der Waals surface area (Å²) in [7, 11) is -3.73. The fourth-order valence-corrected chi connectivity index (χ4v) is 3.54. The summed E-state index contributed by atoms with van der Waals surface area (Å²) in [4.78, 5) is -0.439. The van der Waals surface area contributed by atoms with Crippen molar-refractivity contribution in [3.8, 4) is 0 Å². The van der Waals surface area contributed by atoms with Crippen molar-refractivity contribution in [2.24, 2.45) is 0 Å². The zero-order chi connectivity index (χ0) is 12.9. The van der Waals surface area contributed by atoms with Crippen LogP contribution in [-0.4, -0.2) is 25.5 Å². The van der Waals surface area contributed by atoms with E-state index in [1.807, 2.05) is 0 Å². The van der Waals surface area contributed by atoms with Crippen LogP contribution in [-0.2, 0) is 15.4 Å². The lowest BCUT2D eigenvalue weighted by molar-refractivity contribution is -0.269. The first-order valence-corrected chi connectivity index (χ1v) is 6.45. The third-order valence-corrected chi connectivity index (χ3v) is 4.64. The van der Waals surface area contributed by atoms with Crippen LogP contribution in [0.1, 0.15) is 12.0 Å². The Hall–Kier alpha value is -1.08. The van der Waals surface area contributed by atoms with E-state index in [2.05, 4.69) is 0 Å². The summed E-state index contributed by atoms with van der Waals surface area (Å²) < 4.78 is 61.7. The van der Waals surface area contributed by atoms with Crippen molar-refractivity contribution in [1.29, 1.82) is 0 Å². The number of rotatable bonds is 0. The Bertz CT molecular complexity index is 550. The molecule has 1 atom stereocenters. The van der Waals surface area contributed by atoms with Crippen LogP contribution >= 0.6 is 0 Å². The molecule has 0 spiro atoms. The van der Waals surface area contributed by atoms with Crippen molar-refractivity contribution in [3.05, 3.63) is 29.8 Å². The van der Waals surface area contributed by atoms with Crippen molar-refractivity contribution in [2.45, 2.75) is 23.1 Å². The topological polar surface area (TPSA) is 54.4 Å². The molecule has 7 heteroatoms. The Morgan fingerprint density at radius 1 is 1.24 bits per heavy atom. The number of sulfone groups is 1. The van der Waals surface area contributed by atoms with Gasteiger partial charge in [-0.15, -0.1) is 0 Å². The maximum absolute atomic E-state index is 12.8. The van der Waals surface area contributed by atoms with E-state index in [9.17, 15) is 26.7 Å². The highest BCUT2D eigenvalue weighted by molar-refractivity contribution is 7.91. The molecular formula is C10H9F3O3S. The molecule has 0 aliphatic carbocycles. The van der Waals surface area contributed by atoms with Crippen molar-refractivity contribution in [2.75, 3.05) is 5.75 Å². The Morgan fingerprint density at radius 2 is 1.82 bits per heavy atom. The van der Waals surface area contributed by atoms with Crippen LogP contribution < -0.4 is 0 Å². The van der Waals surface area contributed by atoms with Crippen LogP contribution in [0.3, 0.4) is 0 Å². The number of aliphatic hydroxyl groups is 1. The third kappa shape index (κ3) is 1.73. The first kappa shape index (κ1) is 12.4. The fraction of sp³-hybridized carbons (Fsp3) is 0.400. The van der Waals surface area contributed by atoms with Gasteiger partial charge in [0.15, 0.2) is 15.4 Å². The molecule has 0 amide bonds. The van der Waals surface area contributed by atoms with E-state index < -0.39 is 44.2 Å². The van der Waals surface area contributed by atoms with E-state index in [1.54, 1.807) is 0 Å². The predicted molar refractivity (Wildman–Crippen MR) is 53.1 cm³/mol. The van der Waals surface area contributed by atoms with Gasteiger partial charge in [0.2, 0.25) is 0 Å². The molecular weight excluding hydrogens is 257 g/mol. The van der Waals surface area contributed by atoms with E-state index in [4.69, 9.17) is 0 Å². The molecule has 1 aliphatic heterocycles. The Labute approximate surface area is 95.8 Å². The minimum atomic E-state index is -4.89. The van der Waals surface area contributed by atoms with Gasteiger partial charge in [-0.3, -0.25) is 0 Å². The van der Waals surface area contributed by atoms with Crippen LogP contribution in [0.5, 0.6) is 0 Å². The molecule has 1 heterocycles. The van der Waals surface area contributed by atoms with Gasteiger partial charge in [-0.25, -0.2) is 8.42 Å². The van der Waals surface area contributed by atoms with Crippen molar-refractivity contribution < 1.29 is 26.7 Å². The van der Waals surface area contributed by atoms with Crippen molar-refractivity contribution in [3.63, 3.8) is 0 Å². The lowest BCUT2D eigenvalue weighted by Gasteiger charge is -2.35. The zero-order valence-corrected chi connectivity index (χ0v) is 9.35. The summed E-state index contributed by atoms with van der Waals surface area (Å²) in [5, 5.41) is 9.70. The number of halogens is 3. The second-order valence-electron chi connectivity index (χ2n) is 3.92. The van der Waals surface area contributed by atoms with E-state index in [0.717, 1.165) is 12.1 Å². The normalized spacial score (nSPS) is 27.5. The smallest absolute Gasteiger partial charge is 0.376 e. The molecule has 0 fully saturated rings. The van der Waals surface area contributed by atoms with Gasteiger partial charge in [0.25, 0.3) is 0 Å². The molecule has 1 N–H and O–H groups in total. The van der Waals surface area contributed by atoms with Gasteiger partial charge in [-0.2, -0.15) is 13.2 Å². The first-order chi connectivity index (χ1) is 7.68. The summed E-state index contributed by atoms with van der Waals surface area (Å²) in [5.41, 5.74) is -3.66. The predicted octanol–water partition coefficient (Wildman–Crippen LogP) is 1.61. The Balaban J connectivity index is 2.73. The molecule has 3 nitrogen and oxygen atoms in total. The highest BCUT2D eigenvalue weighted by atomic mass is 32.2. The molecule has 0 saturated heterocycles. The maximum atomic E-state index is 12.8. The zero-order valence-electron chi connectivity index (χ0n) is 8.53. The van der Waals surface area contributed by atoms with Crippen LogP contribution in [0.2, 0.25) is 0 Å². The second-order valence-corrected chi connectivity index (χ2v) is 6.00. The van der Waals surface area contributed by atoms with Gasteiger partial charge in [-0.05, 0) is 6.07 Å². The third-order valence-electron chi connectivity index (χ3n) is 2.87. The van der Waals surface area contributed by atoms with E-state index in [1.165, 1.54) is 12.1 Å². The summed E-state index contributed by atoms with van der Waals surface area (Å²) in [5.74, 6) is -0.708. The van der Waals surface area contributed by atoms with Crippen molar-refractivity contribution in [1.82, 2.24) is 0 Å². The van der Waals surface area contributed by atoms with Gasteiger partial charge in [-0.1, -0.05) is 18.2 Å². The number of hydrogen-bond donors (Lipinski definition) is 1. The SMILES string of the molecule is O=S1(=O)CCC(O)(C(F)(F)F)c2ccccc21. The van der Waals surface area contributed by atoms with E-state index in [-0.39, 0.29) is 0 Å². The van der Waals surface area contributed by atoms with Gasteiger partial charge in [0.05, 0.1) is 10.6 Å². The van der Waals surface area contributed by atoms with Crippen molar-refractivity contribution >= 4 is 9.84 Å². The Kier molecular flexibility index (Phi) is 2.52. The minimum Gasteiger partial charge on any atom is -0.376 e. The molecule has 1 aromatic carbocycles. The quantitative estimate of drug-likeness (QED) is 0.776. The molecule has 17 heavy (non-hydrogen) atoms.